The molecule has 0 aliphatic heterocycles. The minimum absolute atomic E-state index is 0.0354. The molecule has 0 saturated heterocycles. The van der Waals surface area contributed by atoms with Crippen molar-refractivity contribution in [1.29, 1.82) is 0 Å². The van der Waals surface area contributed by atoms with E-state index in [2.05, 4.69) is 0 Å². The molecule has 0 radical (unpaired) electrons. The van der Waals surface area contributed by atoms with Crippen molar-refractivity contribution in [1.82, 2.24) is 0 Å². The van der Waals surface area contributed by atoms with Crippen molar-refractivity contribution in [3.05, 3.63) is 29.3 Å². The molecule has 1 unspecified atom stereocenters. The normalized spacial score (nSPS) is 14.9. The monoisotopic (exact) mass is 223 g/mol. The minimum atomic E-state index is -1.03. The first-order valence-corrected chi connectivity index (χ1v) is 5.53. The van der Waals surface area contributed by atoms with Gasteiger partial charge in [-0.2, -0.15) is 0 Å². The molecule has 0 aliphatic carbocycles. The van der Waals surface area contributed by atoms with Gasteiger partial charge in [0.1, 0.15) is 11.4 Å². The SMILES string of the molecule is COc1ccc(C)cc1C(O)(CN)C(C)C. The topological polar surface area (TPSA) is 55.5 Å². The molecular weight excluding hydrogens is 202 g/mol. The summed E-state index contributed by atoms with van der Waals surface area (Å²) >= 11 is 0. The zero-order chi connectivity index (χ0) is 12.3. The molecule has 0 spiro atoms. The Labute approximate surface area is 97.2 Å². The molecule has 0 heterocycles. The van der Waals surface area contributed by atoms with Crippen molar-refractivity contribution in [2.75, 3.05) is 13.7 Å². The summed E-state index contributed by atoms with van der Waals surface area (Å²) in [5.74, 6) is 0.723. The van der Waals surface area contributed by atoms with Crippen molar-refractivity contribution >= 4 is 0 Å². The molecule has 0 saturated carbocycles. The van der Waals surface area contributed by atoms with Gasteiger partial charge in [0.15, 0.2) is 0 Å². The highest BCUT2D eigenvalue weighted by molar-refractivity contribution is 5.41. The lowest BCUT2D eigenvalue weighted by atomic mass is 9.82. The van der Waals surface area contributed by atoms with Crippen LogP contribution in [0.25, 0.3) is 0 Å². The molecule has 0 bridgehead atoms. The average Bonchev–Trinajstić information content (AvgIpc) is 2.27. The third kappa shape index (κ3) is 2.20. The quantitative estimate of drug-likeness (QED) is 0.818. The Morgan fingerprint density at radius 1 is 1.44 bits per heavy atom. The van der Waals surface area contributed by atoms with E-state index in [1.807, 2.05) is 39.0 Å². The minimum Gasteiger partial charge on any atom is -0.496 e. The van der Waals surface area contributed by atoms with Gasteiger partial charge >= 0.3 is 0 Å². The largest absolute Gasteiger partial charge is 0.496 e. The third-order valence-electron chi connectivity index (χ3n) is 3.09. The zero-order valence-electron chi connectivity index (χ0n) is 10.4. The van der Waals surface area contributed by atoms with Crippen LogP contribution in [0.5, 0.6) is 5.75 Å². The maximum absolute atomic E-state index is 10.6. The summed E-state index contributed by atoms with van der Waals surface area (Å²) in [6.45, 7) is 6.08. The van der Waals surface area contributed by atoms with Crippen LogP contribution in [-0.4, -0.2) is 18.8 Å². The fraction of sp³-hybridized carbons (Fsp3) is 0.538. The van der Waals surface area contributed by atoms with E-state index >= 15 is 0 Å². The number of hydrogen-bond donors (Lipinski definition) is 2. The summed E-state index contributed by atoms with van der Waals surface area (Å²) < 4.78 is 5.28. The van der Waals surface area contributed by atoms with Crippen LogP contribution in [0.1, 0.15) is 25.0 Å². The summed E-state index contributed by atoms with van der Waals surface area (Å²) in [5, 5.41) is 10.6. The van der Waals surface area contributed by atoms with Crippen molar-refractivity contribution in [2.24, 2.45) is 11.7 Å². The number of ether oxygens (including phenoxy) is 1. The van der Waals surface area contributed by atoms with Crippen LogP contribution in [0.2, 0.25) is 0 Å². The smallest absolute Gasteiger partial charge is 0.125 e. The van der Waals surface area contributed by atoms with Crippen LogP contribution < -0.4 is 10.5 Å². The Morgan fingerprint density at radius 2 is 2.06 bits per heavy atom. The molecule has 1 atom stereocenters. The van der Waals surface area contributed by atoms with Crippen LogP contribution in [0, 0.1) is 12.8 Å². The summed E-state index contributed by atoms with van der Waals surface area (Å²) in [6, 6.07) is 5.76. The third-order valence-corrected chi connectivity index (χ3v) is 3.09. The Morgan fingerprint density at radius 3 is 2.50 bits per heavy atom. The summed E-state index contributed by atoms with van der Waals surface area (Å²) in [7, 11) is 1.60. The number of nitrogens with two attached hydrogens (primary N) is 1. The van der Waals surface area contributed by atoms with Gasteiger partial charge in [-0.1, -0.05) is 25.5 Å². The van der Waals surface area contributed by atoms with Crippen LogP contribution in [0.4, 0.5) is 0 Å². The molecule has 0 aromatic heterocycles. The molecule has 3 nitrogen and oxygen atoms in total. The molecule has 90 valence electrons. The second kappa shape index (κ2) is 4.85. The van der Waals surface area contributed by atoms with E-state index in [1.165, 1.54) is 0 Å². The fourth-order valence-corrected chi connectivity index (χ4v) is 1.82. The standard InChI is InChI=1S/C13H21NO2/c1-9(2)13(15,8-14)11-7-10(3)5-6-12(11)16-4/h5-7,9,15H,8,14H2,1-4H3. The molecule has 1 aromatic rings. The van der Waals surface area contributed by atoms with Crippen molar-refractivity contribution < 1.29 is 9.84 Å². The Kier molecular flexibility index (Phi) is 3.94. The highest BCUT2D eigenvalue weighted by atomic mass is 16.5. The molecule has 1 aromatic carbocycles. The highest BCUT2D eigenvalue weighted by Gasteiger charge is 2.34. The van der Waals surface area contributed by atoms with Gasteiger partial charge in [-0.15, -0.1) is 0 Å². The van der Waals surface area contributed by atoms with E-state index < -0.39 is 5.60 Å². The summed E-state index contributed by atoms with van der Waals surface area (Å²) in [4.78, 5) is 0. The van der Waals surface area contributed by atoms with Gasteiger partial charge in [0.05, 0.1) is 7.11 Å². The Bertz CT molecular complexity index is 363. The fourth-order valence-electron chi connectivity index (χ4n) is 1.82. The van der Waals surface area contributed by atoms with Gasteiger partial charge in [0, 0.05) is 12.1 Å². The summed E-state index contributed by atoms with van der Waals surface area (Å²) in [5.41, 5.74) is 6.53. The van der Waals surface area contributed by atoms with Gasteiger partial charge < -0.3 is 15.6 Å². The van der Waals surface area contributed by atoms with Crippen LogP contribution in [0.3, 0.4) is 0 Å². The molecule has 0 amide bonds. The second-order valence-corrected chi connectivity index (χ2v) is 4.49. The van der Waals surface area contributed by atoms with Gasteiger partial charge in [-0.3, -0.25) is 0 Å². The van der Waals surface area contributed by atoms with E-state index in [4.69, 9.17) is 10.5 Å². The van der Waals surface area contributed by atoms with E-state index in [-0.39, 0.29) is 12.5 Å². The predicted octanol–water partition coefficient (Wildman–Crippen LogP) is 1.81. The first-order valence-electron chi connectivity index (χ1n) is 5.53. The van der Waals surface area contributed by atoms with Crippen molar-refractivity contribution in [2.45, 2.75) is 26.4 Å². The van der Waals surface area contributed by atoms with E-state index in [1.54, 1.807) is 7.11 Å². The number of aliphatic hydroxyl groups is 1. The first kappa shape index (κ1) is 13.0. The molecule has 1 rings (SSSR count). The van der Waals surface area contributed by atoms with Crippen molar-refractivity contribution in [3.8, 4) is 5.75 Å². The number of methoxy groups -OCH3 is 1. The van der Waals surface area contributed by atoms with E-state index in [9.17, 15) is 5.11 Å². The van der Waals surface area contributed by atoms with Crippen LogP contribution in [0.15, 0.2) is 18.2 Å². The molecular formula is C13H21NO2. The molecule has 0 aliphatic rings. The molecule has 16 heavy (non-hydrogen) atoms. The maximum atomic E-state index is 10.6. The zero-order valence-corrected chi connectivity index (χ0v) is 10.4. The predicted molar refractivity (Wildman–Crippen MR) is 65.5 cm³/mol. The molecule has 3 N–H and O–H groups in total. The van der Waals surface area contributed by atoms with Crippen LogP contribution >= 0.6 is 0 Å². The lowest BCUT2D eigenvalue weighted by Crippen LogP contribution is -2.40. The number of hydrogen-bond acceptors (Lipinski definition) is 3. The maximum Gasteiger partial charge on any atom is 0.125 e. The van der Waals surface area contributed by atoms with Gasteiger partial charge in [0.2, 0.25) is 0 Å². The molecule has 3 heteroatoms. The van der Waals surface area contributed by atoms with E-state index in [0.717, 1.165) is 11.1 Å². The second-order valence-electron chi connectivity index (χ2n) is 4.49. The highest BCUT2D eigenvalue weighted by Crippen LogP contribution is 2.35. The number of aryl methyl sites for hydroxylation is 1. The Balaban J connectivity index is 3.33. The lowest BCUT2D eigenvalue weighted by Gasteiger charge is -2.32. The lowest BCUT2D eigenvalue weighted by molar-refractivity contribution is -0.00318. The van der Waals surface area contributed by atoms with Crippen LogP contribution in [-0.2, 0) is 5.60 Å². The van der Waals surface area contributed by atoms with Gasteiger partial charge in [0.25, 0.3) is 0 Å². The number of benzene rings is 1. The first-order chi connectivity index (χ1) is 7.45. The van der Waals surface area contributed by atoms with Crippen molar-refractivity contribution in [3.63, 3.8) is 0 Å². The Hall–Kier alpha value is -1.06. The number of rotatable bonds is 4. The van der Waals surface area contributed by atoms with Gasteiger partial charge in [-0.25, -0.2) is 0 Å². The van der Waals surface area contributed by atoms with Gasteiger partial charge in [-0.05, 0) is 25.0 Å². The molecule has 0 fully saturated rings. The summed E-state index contributed by atoms with van der Waals surface area (Å²) in [6.07, 6.45) is 0. The average molecular weight is 223 g/mol. The van der Waals surface area contributed by atoms with E-state index in [0.29, 0.717) is 5.75 Å².